The zero-order valence-corrected chi connectivity index (χ0v) is 18.6. The van der Waals surface area contributed by atoms with Crippen molar-refractivity contribution in [3.05, 3.63) is 51.1 Å². The molecule has 31 heavy (non-hydrogen) atoms. The van der Waals surface area contributed by atoms with Gasteiger partial charge in [0, 0.05) is 38.8 Å². The van der Waals surface area contributed by atoms with E-state index >= 15 is 0 Å². The SMILES string of the molecule is O=C(CCN1CCCN(c2ncc(C(F)(F)F)cc2Cl)CC1)Nc1c(Cl)cccc1Cl. The summed E-state index contributed by atoms with van der Waals surface area (Å²) in [6, 6.07) is 5.89. The molecule has 1 N–H and O–H groups in total. The van der Waals surface area contributed by atoms with Crippen molar-refractivity contribution in [2.24, 2.45) is 0 Å². The molecule has 1 aromatic heterocycles. The second kappa shape index (κ2) is 10.3. The molecule has 0 aliphatic carbocycles. The Labute approximate surface area is 193 Å². The van der Waals surface area contributed by atoms with Crippen LogP contribution in [0.5, 0.6) is 0 Å². The van der Waals surface area contributed by atoms with Crippen molar-refractivity contribution < 1.29 is 18.0 Å². The van der Waals surface area contributed by atoms with Crippen LogP contribution >= 0.6 is 34.8 Å². The number of aromatic nitrogens is 1. The third kappa shape index (κ3) is 6.38. The first-order valence-electron chi connectivity index (χ1n) is 9.59. The molecule has 3 rings (SSSR count). The summed E-state index contributed by atoms with van der Waals surface area (Å²) in [6.45, 7) is 3.04. The van der Waals surface area contributed by atoms with E-state index in [0.717, 1.165) is 25.2 Å². The van der Waals surface area contributed by atoms with Crippen LogP contribution in [0.4, 0.5) is 24.7 Å². The number of nitrogens with zero attached hydrogens (tertiary/aromatic N) is 3. The van der Waals surface area contributed by atoms with Gasteiger partial charge >= 0.3 is 6.18 Å². The Balaban J connectivity index is 1.54. The fourth-order valence-corrected chi connectivity index (χ4v) is 4.08. The van der Waals surface area contributed by atoms with E-state index in [1.165, 1.54) is 0 Å². The molecule has 5 nitrogen and oxygen atoms in total. The lowest BCUT2D eigenvalue weighted by molar-refractivity contribution is -0.137. The van der Waals surface area contributed by atoms with Crippen molar-refractivity contribution in [2.45, 2.75) is 19.0 Å². The maximum Gasteiger partial charge on any atom is 0.417 e. The molecule has 168 valence electrons. The second-order valence-electron chi connectivity index (χ2n) is 7.10. The van der Waals surface area contributed by atoms with Crippen molar-refractivity contribution in [1.82, 2.24) is 9.88 Å². The number of halogens is 6. The minimum absolute atomic E-state index is 0.0285. The molecular formula is C20H20Cl3F3N4O. The molecule has 11 heteroatoms. The minimum atomic E-state index is -4.49. The molecule has 1 aliphatic heterocycles. The Bertz CT molecular complexity index is 922. The van der Waals surface area contributed by atoms with Crippen molar-refractivity contribution in [2.75, 3.05) is 42.9 Å². The molecule has 1 amide bonds. The second-order valence-corrected chi connectivity index (χ2v) is 8.33. The van der Waals surface area contributed by atoms with Gasteiger partial charge in [-0.3, -0.25) is 4.79 Å². The molecule has 1 aromatic carbocycles. The third-order valence-corrected chi connectivity index (χ3v) is 5.83. The highest BCUT2D eigenvalue weighted by Crippen LogP contribution is 2.34. The molecule has 0 saturated carbocycles. The fraction of sp³-hybridized carbons (Fsp3) is 0.400. The average molecular weight is 496 g/mol. The Morgan fingerprint density at radius 1 is 1.06 bits per heavy atom. The molecule has 0 bridgehead atoms. The lowest BCUT2D eigenvalue weighted by Crippen LogP contribution is -2.33. The molecule has 0 spiro atoms. The molecular weight excluding hydrogens is 476 g/mol. The zero-order chi connectivity index (χ0) is 22.6. The summed E-state index contributed by atoms with van der Waals surface area (Å²) in [5.41, 5.74) is -0.483. The average Bonchev–Trinajstić information content (AvgIpc) is 2.94. The molecule has 0 atom stereocenters. The molecule has 0 unspecified atom stereocenters. The van der Waals surface area contributed by atoms with Crippen LogP contribution < -0.4 is 10.2 Å². The lowest BCUT2D eigenvalue weighted by Gasteiger charge is -2.24. The number of amides is 1. The normalized spacial score (nSPS) is 15.6. The van der Waals surface area contributed by atoms with Gasteiger partial charge in [0.1, 0.15) is 5.82 Å². The summed E-state index contributed by atoms with van der Waals surface area (Å²) in [5.74, 6) is 0.131. The first-order chi connectivity index (χ1) is 14.6. The highest BCUT2D eigenvalue weighted by atomic mass is 35.5. The van der Waals surface area contributed by atoms with Crippen molar-refractivity contribution >= 4 is 52.2 Å². The van der Waals surface area contributed by atoms with Crippen LogP contribution in [0.3, 0.4) is 0 Å². The van der Waals surface area contributed by atoms with E-state index in [1.807, 2.05) is 4.90 Å². The summed E-state index contributed by atoms with van der Waals surface area (Å²) >= 11 is 18.2. The van der Waals surface area contributed by atoms with Crippen LogP contribution in [0.1, 0.15) is 18.4 Å². The molecule has 1 aliphatic rings. The molecule has 2 heterocycles. The van der Waals surface area contributed by atoms with Gasteiger partial charge in [-0.2, -0.15) is 13.2 Å². The number of pyridine rings is 1. The van der Waals surface area contributed by atoms with Crippen LogP contribution in [-0.4, -0.2) is 48.5 Å². The minimum Gasteiger partial charge on any atom is -0.354 e. The number of hydrogen-bond donors (Lipinski definition) is 1. The maximum atomic E-state index is 12.8. The van der Waals surface area contributed by atoms with E-state index in [0.29, 0.717) is 47.7 Å². The van der Waals surface area contributed by atoms with Gasteiger partial charge in [-0.05, 0) is 31.2 Å². The van der Waals surface area contributed by atoms with Gasteiger partial charge in [-0.15, -0.1) is 0 Å². The maximum absolute atomic E-state index is 12.8. The van der Waals surface area contributed by atoms with E-state index in [4.69, 9.17) is 34.8 Å². The number of carbonyl (C=O) groups excluding carboxylic acids is 1. The highest BCUT2D eigenvalue weighted by molar-refractivity contribution is 6.39. The van der Waals surface area contributed by atoms with Gasteiger partial charge in [0.2, 0.25) is 5.91 Å². The first-order valence-corrected chi connectivity index (χ1v) is 10.7. The number of nitrogens with one attached hydrogen (secondary N) is 1. The van der Waals surface area contributed by atoms with E-state index in [-0.39, 0.29) is 17.4 Å². The summed E-state index contributed by atoms with van der Waals surface area (Å²) in [5, 5.41) is 3.44. The van der Waals surface area contributed by atoms with Gasteiger partial charge < -0.3 is 15.1 Å². The molecule has 2 aromatic rings. The molecule has 0 radical (unpaired) electrons. The largest absolute Gasteiger partial charge is 0.417 e. The predicted octanol–water partition coefficient (Wildman–Crippen LogP) is 5.60. The number of alkyl halides is 3. The van der Waals surface area contributed by atoms with E-state index in [2.05, 4.69) is 15.2 Å². The van der Waals surface area contributed by atoms with Gasteiger partial charge in [0.05, 0.1) is 26.3 Å². The van der Waals surface area contributed by atoms with Gasteiger partial charge in [0.15, 0.2) is 0 Å². The number of carbonyl (C=O) groups is 1. The third-order valence-electron chi connectivity index (χ3n) is 4.92. The van der Waals surface area contributed by atoms with Gasteiger partial charge in [-0.1, -0.05) is 40.9 Å². The van der Waals surface area contributed by atoms with Crippen LogP contribution in [0, 0.1) is 0 Å². The smallest absolute Gasteiger partial charge is 0.354 e. The number of para-hydroxylation sites is 1. The Hall–Kier alpha value is -1.74. The van der Waals surface area contributed by atoms with Crippen LogP contribution in [-0.2, 0) is 11.0 Å². The fourth-order valence-electron chi connectivity index (χ4n) is 3.30. The van der Waals surface area contributed by atoms with E-state index in [9.17, 15) is 18.0 Å². The first kappa shape index (κ1) is 23.9. The van der Waals surface area contributed by atoms with Crippen LogP contribution in [0.25, 0.3) is 0 Å². The quantitative estimate of drug-likeness (QED) is 0.586. The van der Waals surface area contributed by atoms with Gasteiger partial charge in [-0.25, -0.2) is 4.98 Å². The van der Waals surface area contributed by atoms with E-state index < -0.39 is 11.7 Å². The monoisotopic (exact) mass is 494 g/mol. The van der Waals surface area contributed by atoms with Crippen molar-refractivity contribution in [3.8, 4) is 0 Å². The summed E-state index contributed by atoms with van der Waals surface area (Å²) in [6.07, 6.45) is -2.68. The number of anilines is 2. The molecule has 1 fully saturated rings. The molecule has 1 saturated heterocycles. The summed E-state index contributed by atoms with van der Waals surface area (Å²) in [7, 11) is 0. The number of hydrogen-bond acceptors (Lipinski definition) is 4. The highest BCUT2D eigenvalue weighted by Gasteiger charge is 2.32. The Morgan fingerprint density at radius 3 is 2.42 bits per heavy atom. The summed E-state index contributed by atoms with van der Waals surface area (Å²) in [4.78, 5) is 20.2. The van der Waals surface area contributed by atoms with Crippen molar-refractivity contribution in [3.63, 3.8) is 0 Å². The van der Waals surface area contributed by atoms with Gasteiger partial charge in [0.25, 0.3) is 0 Å². The van der Waals surface area contributed by atoms with Crippen LogP contribution in [0.15, 0.2) is 30.5 Å². The van der Waals surface area contributed by atoms with E-state index in [1.54, 1.807) is 18.2 Å². The number of rotatable bonds is 5. The Morgan fingerprint density at radius 2 is 1.77 bits per heavy atom. The Kier molecular flexibility index (Phi) is 7.91. The topological polar surface area (TPSA) is 48.5 Å². The predicted molar refractivity (Wildman–Crippen MR) is 117 cm³/mol. The van der Waals surface area contributed by atoms with Crippen LogP contribution in [0.2, 0.25) is 15.1 Å². The standard InChI is InChI=1S/C20H20Cl3F3N4O/c21-14-3-1-4-15(22)18(14)28-17(31)5-8-29-6-2-7-30(10-9-29)19-16(23)11-13(12-27-19)20(24,25)26/h1,3-4,11-12H,2,5-10H2,(H,28,31). The van der Waals surface area contributed by atoms with Crippen molar-refractivity contribution in [1.29, 1.82) is 0 Å². The summed E-state index contributed by atoms with van der Waals surface area (Å²) < 4.78 is 38.5. The zero-order valence-electron chi connectivity index (χ0n) is 16.4. The lowest BCUT2D eigenvalue weighted by atomic mass is 10.2. The number of benzene rings is 1.